The third kappa shape index (κ3) is 5.92. The summed E-state index contributed by atoms with van der Waals surface area (Å²) in [7, 11) is 0. The zero-order chi connectivity index (χ0) is 25.8. The standard InChI is InChI=1S/C25H28F3N7O2/c26-25(27,28)19-6-17(5-18(7-19)14-36)10-29-3-1-2-4-37-21-12-34(13-21)24-9-20(35-15-31-32-16-35)8-23-22(24)11-30-33-23/h5-9,11,15-16,21,29,36H,1-4,10,12-14H2,(H,30,33). The number of fused-ring (bicyclic) bond motifs is 1. The monoisotopic (exact) mass is 515 g/mol. The first-order chi connectivity index (χ1) is 17.9. The Morgan fingerprint density at radius 2 is 1.84 bits per heavy atom. The highest BCUT2D eigenvalue weighted by molar-refractivity contribution is 5.93. The highest BCUT2D eigenvalue weighted by Gasteiger charge is 2.31. The van der Waals surface area contributed by atoms with E-state index in [-0.39, 0.29) is 11.7 Å². The van der Waals surface area contributed by atoms with Crippen molar-refractivity contribution in [2.24, 2.45) is 0 Å². The minimum Gasteiger partial charge on any atom is -0.392 e. The lowest BCUT2D eigenvalue weighted by Gasteiger charge is -2.41. The van der Waals surface area contributed by atoms with E-state index < -0.39 is 18.3 Å². The molecule has 196 valence electrons. The highest BCUT2D eigenvalue weighted by atomic mass is 19.4. The molecule has 1 aliphatic heterocycles. The summed E-state index contributed by atoms with van der Waals surface area (Å²) < 4.78 is 47.0. The Labute approximate surface area is 211 Å². The highest BCUT2D eigenvalue weighted by Crippen LogP contribution is 2.33. The van der Waals surface area contributed by atoms with Crippen molar-refractivity contribution < 1.29 is 23.0 Å². The van der Waals surface area contributed by atoms with E-state index in [4.69, 9.17) is 4.74 Å². The van der Waals surface area contributed by atoms with Gasteiger partial charge in [-0.25, -0.2) is 0 Å². The number of unbranched alkanes of at least 4 members (excludes halogenated alkanes) is 1. The van der Waals surface area contributed by atoms with Crippen molar-refractivity contribution in [3.8, 4) is 5.69 Å². The van der Waals surface area contributed by atoms with Crippen molar-refractivity contribution in [3.63, 3.8) is 0 Å². The molecular weight excluding hydrogens is 487 g/mol. The third-order valence-corrected chi connectivity index (χ3v) is 6.42. The van der Waals surface area contributed by atoms with Crippen molar-refractivity contribution in [2.45, 2.75) is 38.3 Å². The average molecular weight is 516 g/mol. The number of aliphatic hydroxyl groups excluding tert-OH is 1. The van der Waals surface area contributed by atoms with Gasteiger partial charge < -0.3 is 20.1 Å². The van der Waals surface area contributed by atoms with Crippen LogP contribution < -0.4 is 10.2 Å². The number of hydrogen-bond donors (Lipinski definition) is 3. The second-order valence-electron chi connectivity index (χ2n) is 9.14. The fraction of sp³-hybridized carbons (Fsp3) is 0.400. The molecule has 0 unspecified atom stereocenters. The van der Waals surface area contributed by atoms with Gasteiger partial charge >= 0.3 is 6.18 Å². The Bertz CT molecular complexity index is 1320. The Balaban J connectivity index is 1.03. The number of H-pyrrole nitrogens is 1. The van der Waals surface area contributed by atoms with Crippen LogP contribution in [0.25, 0.3) is 16.6 Å². The summed E-state index contributed by atoms with van der Waals surface area (Å²) in [5, 5.41) is 28.4. The lowest BCUT2D eigenvalue weighted by molar-refractivity contribution is -0.137. The summed E-state index contributed by atoms with van der Waals surface area (Å²) in [5.74, 6) is 0. The number of benzene rings is 2. The van der Waals surface area contributed by atoms with Crippen LogP contribution in [0, 0.1) is 0 Å². The molecule has 9 nitrogen and oxygen atoms in total. The van der Waals surface area contributed by atoms with Gasteiger partial charge in [-0.05, 0) is 54.8 Å². The molecule has 37 heavy (non-hydrogen) atoms. The maximum atomic E-state index is 13.0. The number of anilines is 1. The molecule has 1 aliphatic rings. The number of aromatic nitrogens is 5. The number of alkyl halides is 3. The van der Waals surface area contributed by atoms with E-state index in [1.165, 1.54) is 0 Å². The SMILES string of the molecule is OCc1cc(CNCCCCOC2CN(c3cc(-n4cnnc4)cc4[nH]ncc34)C2)cc(C(F)(F)F)c1. The van der Waals surface area contributed by atoms with Crippen LogP contribution in [0.2, 0.25) is 0 Å². The van der Waals surface area contributed by atoms with Crippen molar-refractivity contribution in [3.05, 3.63) is 65.9 Å². The number of rotatable bonds is 11. The maximum Gasteiger partial charge on any atom is 0.416 e. The van der Waals surface area contributed by atoms with Crippen molar-refractivity contribution in [1.82, 2.24) is 30.3 Å². The summed E-state index contributed by atoms with van der Waals surface area (Å²) in [4.78, 5) is 2.26. The zero-order valence-electron chi connectivity index (χ0n) is 20.1. The van der Waals surface area contributed by atoms with Crippen LogP contribution in [0.1, 0.15) is 29.5 Å². The van der Waals surface area contributed by atoms with Gasteiger partial charge in [0.1, 0.15) is 12.7 Å². The summed E-state index contributed by atoms with van der Waals surface area (Å²) >= 11 is 0. The van der Waals surface area contributed by atoms with Crippen LogP contribution in [-0.4, -0.2) is 62.4 Å². The number of aromatic amines is 1. The van der Waals surface area contributed by atoms with E-state index in [9.17, 15) is 18.3 Å². The van der Waals surface area contributed by atoms with Crippen molar-refractivity contribution >= 4 is 16.6 Å². The molecule has 0 atom stereocenters. The first kappa shape index (κ1) is 25.2. The molecule has 0 saturated carbocycles. The summed E-state index contributed by atoms with van der Waals surface area (Å²) in [5.41, 5.74) is 3.00. The molecule has 12 heteroatoms. The first-order valence-electron chi connectivity index (χ1n) is 12.1. The van der Waals surface area contributed by atoms with Crippen LogP contribution in [-0.2, 0) is 24.1 Å². The van der Waals surface area contributed by atoms with Gasteiger partial charge in [0, 0.05) is 31.6 Å². The Kier molecular flexibility index (Phi) is 7.40. The van der Waals surface area contributed by atoms with Crippen LogP contribution in [0.15, 0.2) is 49.2 Å². The Morgan fingerprint density at radius 1 is 1.05 bits per heavy atom. The summed E-state index contributed by atoms with van der Waals surface area (Å²) in [6, 6.07) is 7.80. The minimum absolute atomic E-state index is 0.149. The number of ether oxygens (including phenoxy) is 1. The quantitative estimate of drug-likeness (QED) is 0.263. The summed E-state index contributed by atoms with van der Waals surface area (Å²) in [6.07, 6.45) is 2.55. The molecule has 0 spiro atoms. The predicted molar refractivity (Wildman–Crippen MR) is 131 cm³/mol. The fourth-order valence-electron chi connectivity index (χ4n) is 4.46. The van der Waals surface area contributed by atoms with E-state index in [1.807, 2.05) is 16.8 Å². The van der Waals surface area contributed by atoms with Crippen LogP contribution in [0.5, 0.6) is 0 Å². The smallest absolute Gasteiger partial charge is 0.392 e. The molecular formula is C25H28F3N7O2. The number of aliphatic hydroxyl groups is 1. The topological polar surface area (TPSA) is 104 Å². The molecule has 0 amide bonds. The number of nitrogens with one attached hydrogen (secondary N) is 2. The molecule has 3 heterocycles. The first-order valence-corrected chi connectivity index (χ1v) is 12.1. The lowest BCUT2D eigenvalue weighted by Crippen LogP contribution is -2.52. The van der Waals surface area contributed by atoms with Gasteiger partial charge in [0.2, 0.25) is 0 Å². The molecule has 3 N–H and O–H groups in total. The van der Waals surface area contributed by atoms with E-state index in [1.54, 1.807) is 18.7 Å². The van der Waals surface area contributed by atoms with E-state index >= 15 is 0 Å². The van der Waals surface area contributed by atoms with Gasteiger partial charge in [-0.15, -0.1) is 10.2 Å². The van der Waals surface area contributed by atoms with Crippen LogP contribution in [0.3, 0.4) is 0 Å². The third-order valence-electron chi connectivity index (χ3n) is 6.42. The maximum absolute atomic E-state index is 13.0. The number of nitrogens with zero attached hydrogens (tertiary/aromatic N) is 5. The fourth-order valence-corrected chi connectivity index (χ4v) is 4.46. The van der Waals surface area contributed by atoms with Gasteiger partial charge in [-0.3, -0.25) is 9.67 Å². The minimum atomic E-state index is -4.43. The molecule has 4 aromatic rings. The molecule has 5 rings (SSSR count). The van der Waals surface area contributed by atoms with E-state index in [0.717, 1.165) is 60.3 Å². The Hall–Kier alpha value is -3.48. The molecule has 0 bridgehead atoms. The van der Waals surface area contributed by atoms with Gasteiger partial charge in [0.25, 0.3) is 0 Å². The van der Waals surface area contributed by atoms with Crippen LogP contribution >= 0.6 is 0 Å². The molecule has 0 radical (unpaired) electrons. The summed E-state index contributed by atoms with van der Waals surface area (Å²) in [6.45, 7) is 2.75. The van der Waals surface area contributed by atoms with E-state index in [2.05, 4.69) is 36.7 Å². The normalized spacial score (nSPS) is 14.4. The molecule has 2 aromatic heterocycles. The van der Waals surface area contributed by atoms with E-state index in [0.29, 0.717) is 25.3 Å². The zero-order valence-corrected chi connectivity index (χ0v) is 20.1. The molecule has 1 fully saturated rings. The second-order valence-corrected chi connectivity index (χ2v) is 9.14. The average Bonchev–Trinajstić information content (AvgIpc) is 3.55. The molecule has 1 saturated heterocycles. The van der Waals surface area contributed by atoms with Gasteiger partial charge in [0.05, 0.1) is 41.4 Å². The molecule has 0 aliphatic carbocycles. The number of halogens is 3. The van der Waals surface area contributed by atoms with Gasteiger partial charge in [0.15, 0.2) is 0 Å². The Morgan fingerprint density at radius 3 is 2.59 bits per heavy atom. The largest absolute Gasteiger partial charge is 0.416 e. The lowest BCUT2D eigenvalue weighted by atomic mass is 10.1. The van der Waals surface area contributed by atoms with Crippen molar-refractivity contribution in [1.29, 1.82) is 0 Å². The van der Waals surface area contributed by atoms with Gasteiger partial charge in [-0.2, -0.15) is 18.3 Å². The van der Waals surface area contributed by atoms with Crippen LogP contribution in [0.4, 0.5) is 18.9 Å². The molecule has 2 aromatic carbocycles. The predicted octanol–water partition coefficient (Wildman–Crippen LogP) is 3.43. The van der Waals surface area contributed by atoms with Gasteiger partial charge in [-0.1, -0.05) is 6.07 Å². The second kappa shape index (κ2) is 10.9. The number of hydrogen-bond acceptors (Lipinski definition) is 7. The van der Waals surface area contributed by atoms with Crippen molar-refractivity contribution in [2.75, 3.05) is 31.1 Å².